The van der Waals surface area contributed by atoms with Gasteiger partial charge in [-0.15, -0.1) is 0 Å². The van der Waals surface area contributed by atoms with Gasteiger partial charge in [0.25, 0.3) is 0 Å². The van der Waals surface area contributed by atoms with E-state index in [0.29, 0.717) is 15.0 Å². The average Bonchev–Trinajstić information content (AvgIpc) is 1.91. The topological polar surface area (TPSA) is 0 Å². The maximum absolute atomic E-state index is 3.81. The summed E-state index contributed by atoms with van der Waals surface area (Å²) in [5, 5.41) is 1.05. The van der Waals surface area contributed by atoms with Crippen molar-refractivity contribution in [2.75, 3.05) is 0 Å². The van der Waals surface area contributed by atoms with Gasteiger partial charge in [0.1, 0.15) is 0 Å². The maximum atomic E-state index is 3.81. The first-order valence-corrected chi connectivity index (χ1v) is 4.97. The molecule has 0 aliphatic heterocycles. The van der Waals surface area contributed by atoms with E-state index in [1.54, 1.807) is 0 Å². The fourth-order valence-corrected chi connectivity index (χ4v) is 1.86. The Hall–Kier alpha value is -0.261. The van der Waals surface area contributed by atoms with Crippen molar-refractivity contribution in [1.82, 2.24) is 0 Å². The van der Waals surface area contributed by atoms with Crippen LogP contribution in [0.3, 0.4) is 0 Å². The van der Waals surface area contributed by atoms with E-state index in [9.17, 15) is 0 Å². The van der Waals surface area contributed by atoms with Crippen LogP contribution in [-0.4, -0.2) is 15.0 Å². The van der Waals surface area contributed by atoms with Crippen molar-refractivity contribution in [3.63, 3.8) is 0 Å². The van der Waals surface area contributed by atoms with Gasteiger partial charge in [-0.3, -0.25) is 0 Å². The number of hydrogen-bond donors (Lipinski definition) is 0. The fourth-order valence-electron chi connectivity index (χ4n) is 0.635. The molecule has 0 nitrogen and oxygen atoms in total. The number of rotatable bonds is 2. The second-order valence-corrected chi connectivity index (χ2v) is 4.11. The molecule has 0 unspecified atom stereocenters. The molecule has 0 aliphatic rings. The molecule has 0 saturated carbocycles. The van der Waals surface area contributed by atoms with Crippen molar-refractivity contribution in [2.45, 2.75) is 5.32 Å². The molecular weight excluding hydrogens is 175 g/mol. The van der Waals surface area contributed by atoms with Crippen LogP contribution in [0.15, 0.2) is 30.3 Å². The summed E-state index contributed by atoms with van der Waals surface area (Å²) >= 11 is 0.598. The van der Waals surface area contributed by atoms with Gasteiger partial charge in [-0.2, -0.15) is 0 Å². The van der Waals surface area contributed by atoms with Gasteiger partial charge in [-0.1, -0.05) is 0 Å². The second-order valence-electron chi connectivity index (χ2n) is 1.66. The van der Waals surface area contributed by atoms with Gasteiger partial charge in [-0.05, 0) is 0 Å². The van der Waals surface area contributed by atoms with Crippen LogP contribution in [0.5, 0.6) is 0 Å². The second kappa shape index (κ2) is 3.71. The Morgan fingerprint density at radius 3 is 2.44 bits per heavy atom. The first kappa shape index (κ1) is 6.85. The van der Waals surface area contributed by atoms with E-state index in [2.05, 4.69) is 31.2 Å². The Morgan fingerprint density at radius 1 is 1.22 bits per heavy atom. The van der Waals surface area contributed by atoms with Crippen LogP contribution in [0.25, 0.3) is 0 Å². The van der Waals surface area contributed by atoms with Gasteiger partial charge >= 0.3 is 62.0 Å². The summed E-state index contributed by atoms with van der Waals surface area (Å²) in [6, 6.07) is 10.5. The minimum absolute atomic E-state index is 0.598. The summed E-state index contributed by atoms with van der Waals surface area (Å²) in [5.41, 5.74) is 0. The van der Waals surface area contributed by atoms with Crippen LogP contribution in [0.4, 0.5) is 0 Å². The summed E-state index contributed by atoms with van der Waals surface area (Å²) in [7, 11) is 0. The number of hydrogen-bond acceptors (Lipinski definition) is 0. The van der Waals surface area contributed by atoms with Crippen molar-refractivity contribution >= 4 is 19.4 Å². The third-order valence-corrected chi connectivity index (χ3v) is 2.71. The van der Waals surface area contributed by atoms with Crippen LogP contribution < -0.4 is 4.46 Å². The molecule has 0 atom stereocenters. The van der Waals surface area contributed by atoms with Crippen molar-refractivity contribution in [2.24, 2.45) is 0 Å². The Balaban J connectivity index is 2.61. The van der Waals surface area contributed by atoms with Crippen molar-refractivity contribution in [3.8, 4) is 0 Å². The van der Waals surface area contributed by atoms with Crippen LogP contribution in [0, 0.1) is 6.92 Å². The molecule has 0 aliphatic carbocycles. The normalized spacial score (nSPS) is 9.44. The molecule has 0 N–H and O–H groups in total. The standard InChI is InChI=1S/C8H9Se/c1-2-9-8-6-4-3-5-7-8/h3-7H,1-2H2. The fraction of sp³-hybridized carbons (Fsp3) is 0.125. The average molecular weight is 184 g/mol. The van der Waals surface area contributed by atoms with Crippen LogP contribution >= 0.6 is 0 Å². The van der Waals surface area contributed by atoms with E-state index in [1.807, 2.05) is 6.07 Å². The molecule has 1 rings (SSSR count). The van der Waals surface area contributed by atoms with Gasteiger partial charge in [0.2, 0.25) is 0 Å². The van der Waals surface area contributed by atoms with Crippen LogP contribution in [-0.2, 0) is 0 Å². The number of benzene rings is 1. The first-order valence-electron chi connectivity index (χ1n) is 2.90. The van der Waals surface area contributed by atoms with E-state index in [-0.39, 0.29) is 0 Å². The zero-order chi connectivity index (χ0) is 6.53. The molecule has 1 aromatic rings. The molecule has 0 aromatic heterocycles. The molecule has 1 aromatic carbocycles. The molecule has 1 radical (unpaired) electrons. The predicted molar refractivity (Wildman–Crippen MR) is 42.0 cm³/mol. The molecular formula is C8H9Se. The molecule has 0 amide bonds. The molecule has 1 heteroatoms. The Labute approximate surface area is 62.4 Å². The predicted octanol–water partition coefficient (Wildman–Crippen LogP) is 1.27. The molecule has 0 spiro atoms. The van der Waals surface area contributed by atoms with E-state index < -0.39 is 0 Å². The van der Waals surface area contributed by atoms with E-state index in [0.717, 1.165) is 5.32 Å². The van der Waals surface area contributed by atoms with Gasteiger partial charge in [0.05, 0.1) is 0 Å². The minimum atomic E-state index is 0.598. The van der Waals surface area contributed by atoms with Gasteiger partial charge in [0, 0.05) is 0 Å². The molecule has 0 saturated heterocycles. The zero-order valence-electron chi connectivity index (χ0n) is 5.21. The Bertz CT molecular complexity index is 157. The first-order chi connectivity index (χ1) is 4.43. The monoisotopic (exact) mass is 185 g/mol. The third-order valence-electron chi connectivity index (χ3n) is 1.01. The van der Waals surface area contributed by atoms with Gasteiger partial charge < -0.3 is 0 Å². The summed E-state index contributed by atoms with van der Waals surface area (Å²) in [4.78, 5) is 0. The van der Waals surface area contributed by atoms with Gasteiger partial charge in [0.15, 0.2) is 0 Å². The molecule has 0 fully saturated rings. The molecule has 0 heterocycles. The van der Waals surface area contributed by atoms with E-state index in [4.69, 9.17) is 0 Å². The van der Waals surface area contributed by atoms with Crippen LogP contribution in [0.1, 0.15) is 0 Å². The van der Waals surface area contributed by atoms with Crippen molar-refractivity contribution in [3.05, 3.63) is 37.3 Å². The zero-order valence-corrected chi connectivity index (χ0v) is 6.92. The summed E-state index contributed by atoms with van der Waals surface area (Å²) in [6.45, 7) is 3.81. The summed E-state index contributed by atoms with van der Waals surface area (Å²) < 4.78 is 1.44. The third kappa shape index (κ3) is 2.21. The van der Waals surface area contributed by atoms with Crippen molar-refractivity contribution < 1.29 is 0 Å². The molecule has 0 bridgehead atoms. The summed E-state index contributed by atoms with van der Waals surface area (Å²) in [6.07, 6.45) is 0. The quantitative estimate of drug-likeness (QED) is 0.607. The van der Waals surface area contributed by atoms with E-state index >= 15 is 0 Å². The molecule has 9 heavy (non-hydrogen) atoms. The van der Waals surface area contributed by atoms with E-state index in [1.165, 1.54) is 4.46 Å². The Morgan fingerprint density at radius 2 is 1.89 bits per heavy atom. The van der Waals surface area contributed by atoms with Gasteiger partial charge in [-0.25, -0.2) is 0 Å². The Kier molecular flexibility index (Phi) is 2.82. The van der Waals surface area contributed by atoms with Crippen LogP contribution in [0.2, 0.25) is 5.32 Å². The van der Waals surface area contributed by atoms with Crippen molar-refractivity contribution in [1.29, 1.82) is 0 Å². The molecule has 47 valence electrons. The summed E-state index contributed by atoms with van der Waals surface area (Å²) in [5.74, 6) is 0. The SMILES string of the molecule is [CH2]C[Se]c1ccccc1.